The van der Waals surface area contributed by atoms with Crippen LogP contribution in [-0.2, 0) is 20.1 Å². The Morgan fingerprint density at radius 2 is 1.67 bits per heavy atom. The molecule has 6 heteroatoms. The minimum Gasteiger partial charge on any atom is -0.348 e. The molecule has 1 aliphatic heterocycles. The van der Waals surface area contributed by atoms with Crippen LogP contribution in [0.5, 0.6) is 0 Å². The van der Waals surface area contributed by atoms with Gasteiger partial charge in [-0.05, 0) is 24.2 Å². The molecular formula is C24H28N4O2. The normalized spacial score (nSPS) is 15.4. The highest BCUT2D eigenvalue weighted by Gasteiger charge is 2.15. The van der Waals surface area contributed by atoms with E-state index in [1.54, 1.807) is 11.6 Å². The molecule has 2 heterocycles. The zero-order valence-electron chi connectivity index (χ0n) is 17.6. The molecule has 1 N–H and O–H groups in total. The number of fused-ring (bicyclic) bond motifs is 1. The van der Waals surface area contributed by atoms with Crippen LogP contribution >= 0.6 is 0 Å². The second-order valence-corrected chi connectivity index (χ2v) is 8.05. The highest BCUT2D eigenvalue weighted by Crippen LogP contribution is 2.16. The summed E-state index contributed by atoms with van der Waals surface area (Å²) in [7, 11) is 3.88. The van der Waals surface area contributed by atoms with Crippen LogP contribution in [0, 0.1) is 0 Å². The Hall–Kier alpha value is -2.96. The lowest BCUT2D eigenvalue weighted by atomic mass is 10.1. The minimum atomic E-state index is -0.228. The maximum Gasteiger partial charge on any atom is 0.252 e. The smallest absolute Gasteiger partial charge is 0.252 e. The summed E-state index contributed by atoms with van der Waals surface area (Å²) in [5, 5.41) is 3.76. The first-order valence-electron chi connectivity index (χ1n) is 10.4. The quantitative estimate of drug-likeness (QED) is 0.709. The largest absolute Gasteiger partial charge is 0.348 e. The molecule has 0 spiro atoms. The molecule has 3 aromatic rings. The van der Waals surface area contributed by atoms with E-state index in [1.807, 2.05) is 36.4 Å². The van der Waals surface area contributed by atoms with Gasteiger partial charge in [-0.15, -0.1) is 0 Å². The number of pyridine rings is 1. The summed E-state index contributed by atoms with van der Waals surface area (Å²) in [6.45, 7) is 5.70. The number of nitrogens with one attached hydrogen (secondary N) is 1. The van der Waals surface area contributed by atoms with Crippen LogP contribution in [0.1, 0.15) is 21.5 Å². The number of nitrogens with zero attached hydrogens (tertiary/aromatic N) is 3. The SMILES string of the molecule is CN1CCN(Cc2cccc(CNC(=O)c3cc(=O)n(C)c4ccccc34)c2)CC1. The number of benzene rings is 2. The average molecular weight is 405 g/mol. The van der Waals surface area contributed by atoms with Crippen molar-refractivity contribution in [2.45, 2.75) is 13.1 Å². The summed E-state index contributed by atoms with van der Waals surface area (Å²) in [5.74, 6) is -0.228. The molecule has 0 unspecified atom stereocenters. The van der Waals surface area contributed by atoms with Crippen molar-refractivity contribution in [2.24, 2.45) is 7.05 Å². The summed E-state index contributed by atoms with van der Waals surface area (Å²) >= 11 is 0. The van der Waals surface area contributed by atoms with Crippen LogP contribution in [0.2, 0.25) is 0 Å². The zero-order valence-corrected chi connectivity index (χ0v) is 17.6. The average Bonchev–Trinajstić information content (AvgIpc) is 2.76. The number of amides is 1. The monoisotopic (exact) mass is 404 g/mol. The molecular weight excluding hydrogens is 376 g/mol. The highest BCUT2D eigenvalue weighted by atomic mass is 16.2. The Labute approximate surface area is 176 Å². The van der Waals surface area contributed by atoms with Crippen LogP contribution in [0.25, 0.3) is 10.9 Å². The summed E-state index contributed by atoms with van der Waals surface area (Å²) in [5.41, 5.74) is 3.30. The second-order valence-electron chi connectivity index (χ2n) is 8.05. The topological polar surface area (TPSA) is 57.6 Å². The lowest BCUT2D eigenvalue weighted by Gasteiger charge is -2.32. The first-order valence-corrected chi connectivity index (χ1v) is 10.4. The van der Waals surface area contributed by atoms with Crippen LogP contribution in [0.3, 0.4) is 0 Å². The summed E-state index contributed by atoms with van der Waals surface area (Å²) in [4.78, 5) is 29.9. The van der Waals surface area contributed by atoms with Gasteiger partial charge in [-0.2, -0.15) is 0 Å². The fraction of sp³-hybridized carbons (Fsp3) is 0.333. The molecule has 1 saturated heterocycles. The number of aryl methyl sites for hydroxylation is 1. The van der Waals surface area contributed by atoms with Crippen LogP contribution in [0.4, 0.5) is 0 Å². The molecule has 0 bridgehead atoms. The van der Waals surface area contributed by atoms with Crippen molar-refractivity contribution in [3.63, 3.8) is 0 Å². The Balaban J connectivity index is 1.45. The van der Waals surface area contributed by atoms with E-state index in [0.29, 0.717) is 12.1 Å². The minimum absolute atomic E-state index is 0.187. The third-order valence-corrected chi connectivity index (χ3v) is 5.85. The van der Waals surface area contributed by atoms with Gasteiger partial charge in [-0.1, -0.05) is 42.5 Å². The molecule has 1 aromatic heterocycles. The van der Waals surface area contributed by atoms with Crippen molar-refractivity contribution in [3.05, 3.63) is 81.6 Å². The number of carbonyl (C=O) groups excluding carboxylic acids is 1. The molecule has 4 rings (SSSR count). The number of carbonyl (C=O) groups is 1. The van der Waals surface area contributed by atoms with Gasteiger partial charge in [-0.3, -0.25) is 14.5 Å². The standard InChI is InChI=1S/C24H28N4O2/c1-26-10-12-28(13-11-26)17-19-7-5-6-18(14-19)16-25-24(30)21-15-23(29)27(2)22-9-4-3-8-20(21)22/h3-9,14-15H,10-13,16-17H2,1-2H3,(H,25,30). The van der Waals surface area contributed by atoms with E-state index in [4.69, 9.17) is 0 Å². The van der Waals surface area contributed by atoms with Gasteiger partial charge in [-0.25, -0.2) is 0 Å². The highest BCUT2D eigenvalue weighted by molar-refractivity contribution is 6.06. The predicted octanol–water partition coefficient (Wildman–Crippen LogP) is 2.22. The molecule has 1 amide bonds. The van der Waals surface area contributed by atoms with Gasteiger partial charge in [0, 0.05) is 57.8 Å². The van der Waals surface area contributed by atoms with Crippen molar-refractivity contribution in [1.29, 1.82) is 0 Å². The predicted molar refractivity (Wildman–Crippen MR) is 120 cm³/mol. The van der Waals surface area contributed by atoms with Crippen LogP contribution < -0.4 is 10.9 Å². The number of likely N-dealkylation sites (N-methyl/N-ethyl adjacent to an activating group) is 1. The molecule has 0 saturated carbocycles. The molecule has 6 nitrogen and oxygen atoms in total. The fourth-order valence-electron chi connectivity index (χ4n) is 3.98. The Kier molecular flexibility index (Phi) is 5.97. The van der Waals surface area contributed by atoms with Crippen LogP contribution in [-0.4, -0.2) is 53.5 Å². The van der Waals surface area contributed by atoms with Gasteiger partial charge in [0.25, 0.3) is 11.5 Å². The summed E-state index contributed by atoms with van der Waals surface area (Å²) < 4.78 is 1.56. The maximum absolute atomic E-state index is 12.9. The lowest BCUT2D eigenvalue weighted by Crippen LogP contribution is -2.43. The molecule has 0 radical (unpaired) electrons. The third-order valence-electron chi connectivity index (χ3n) is 5.85. The molecule has 1 aliphatic rings. The molecule has 0 atom stereocenters. The van der Waals surface area contributed by atoms with Crippen molar-refractivity contribution in [2.75, 3.05) is 33.2 Å². The fourth-order valence-corrected chi connectivity index (χ4v) is 3.98. The first kappa shape index (κ1) is 20.3. The molecule has 2 aromatic carbocycles. The van der Waals surface area contributed by atoms with E-state index >= 15 is 0 Å². The number of hydrogen-bond donors (Lipinski definition) is 1. The number of para-hydroxylation sites is 1. The second kappa shape index (κ2) is 8.81. The Bertz CT molecular complexity index is 1110. The van der Waals surface area contributed by atoms with E-state index in [0.717, 1.165) is 49.2 Å². The van der Waals surface area contributed by atoms with Gasteiger partial charge in [0.2, 0.25) is 0 Å². The van der Waals surface area contributed by atoms with Gasteiger partial charge in [0.15, 0.2) is 0 Å². The number of piperazine rings is 1. The summed E-state index contributed by atoms with van der Waals surface area (Å²) in [6, 6.07) is 17.3. The van der Waals surface area contributed by atoms with E-state index in [-0.39, 0.29) is 11.5 Å². The van der Waals surface area contributed by atoms with Gasteiger partial charge in [0.1, 0.15) is 0 Å². The zero-order chi connectivity index (χ0) is 21.1. The molecule has 156 valence electrons. The van der Waals surface area contributed by atoms with E-state index in [9.17, 15) is 9.59 Å². The number of rotatable bonds is 5. The van der Waals surface area contributed by atoms with Gasteiger partial charge in [0.05, 0.1) is 11.1 Å². The first-order chi connectivity index (χ1) is 14.5. The van der Waals surface area contributed by atoms with Crippen LogP contribution in [0.15, 0.2) is 59.4 Å². The molecule has 1 fully saturated rings. The Morgan fingerprint density at radius 1 is 0.933 bits per heavy atom. The number of aromatic nitrogens is 1. The van der Waals surface area contributed by atoms with Crippen molar-refractivity contribution >= 4 is 16.8 Å². The molecule has 0 aliphatic carbocycles. The van der Waals surface area contributed by atoms with E-state index in [1.165, 1.54) is 11.6 Å². The Morgan fingerprint density at radius 3 is 2.47 bits per heavy atom. The van der Waals surface area contributed by atoms with E-state index < -0.39 is 0 Å². The summed E-state index contributed by atoms with van der Waals surface area (Å²) in [6.07, 6.45) is 0. The van der Waals surface area contributed by atoms with E-state index in [2.05, 4.69) is 34.3 Å². The van der Waals surface area contributed by atoms with Crippen molar-refractivity contribution in [3.8, 4) is 0 Å². The lowest BCUT2D eigenvalue weighted by molar-refractivity contribution is 0.0952. The maximum atomic E-state index is 12.9. The van der Waals surface area contributed by atoms with Gasteiger partial charge >= 0.3 is 0 Å². The van der Waals surface area contributed by atoms with Crippen molar-refractivity contribution < 1.29 is 4.79 Å². The van der Waals surface area contributed by atoms with Crippen molar-refractivity contribution in [1.82, 2.24) is 19.7 Å². The number of hydrogen-bond acceptors (Lipinski definition) is 4. The van der Waals surface area contributed by atoms with Gasteiger partial charge < -0.3 is 14.8 Å². The third kappa shape index (κ3) is 4.45. The molecule has 30 heavy (non-hydrogen) atoms.